The average Bonchev–Trinajstić information content (AvgIpc) is 3.36. The Bertz CT molecular complexity index is 728. The lowest BCUT2D eigenvalue weighted by molar-refractivity contribution is 0.0793. The molecule has 2 fully saturated rings. The van der Waals surface area contributed by atoms with E-state index in [1.54, 1.807) is 0 Å². The van der Waals surface area contributed by atoms with Crippen LogP contribution in [0.3, 0.4) is 0 Å². The van der Waals surface area contributed by atoms with E-state index in [0.717, 1.165) is 44.6 Å². The Labute approximate surface area is 150 Å². The molecule has 132 valence electrons. The van der Waals surface area contributed by atoms with Gasteiger partial charge in [-0.1, -0.05) is 12.1 Å². The third-order valence-electron chi connectivity index (χ3n) is 5.67. The maximum Gasteiger partial charge on any atom is 0.253 e. The summed E-state index contributed by atoms with van der Waals surface area (Å²) >= 11 is 0. The molecule has 2 aliphatic heterocycles. The van der Waals surface area contributed by atoms with Gasteiger partial charge in [0.15, 0.2) is 0 Å². The van der Waals surface area contributed by atoms with Crippen LogP contribution in [0.1, 0.15) is 53.3 Å². The molecule has 4 nitrogen and oxygen atoms in total. The Hall–Kier alpha value is -2.07. The number of likely N-dealkylation sites (tertiary alicyclic amines) is 2. The zero-order chi connectivity index (χ0) is 17.2. The molecule has 2 aromatic rings. The van der Waals surface area contributed by atoms with Gasteiger partial charge in [-0.2, -0.15) is 0 Å². The van der Waals surface area contributed by atoms with Gasteiger partial charge in [0.2, 0.25) is 0 Å². The van der Waals surface area contributed by atoms with Gasteiger partial charge in [0.05, 0.1) is 6.04 Å². The second-order valence-electron chi connectivity index (χ2n) is 7.37. The van der Waals surface area contributed by atoms with E-state index in [2.05, 4.69) is 47.0 Å². The largest absolute Gasteiger partial charge is 0.353 e. The van der Waals surface area contributed by atoms with E-state index >= 15 is 0 Å². The quantitative estimate of drug-likeness (QED) is 0.853. The molecule has 0 saturated carbocycles. The van der Waals surface area contributed by atoms with Gasteiger partial charge in [0.1, 0.15) is 0 Å². The van der Waals surface area contributed by atoms with E-state index in [4.69, 9.17) is 0 Å². The maximum atomic E-state index is 12.5. The number of amides is 1. The summed E-state index contributed by atoms with van der Waals surface area (Å²) in [5.41, 5.74) is 3.52. The van der Waals surface area contributed by atoms with Crippen LogP contribution in [0.25, 0.3) is 0 Å². The molecule has 0 N–H and O–H groups in total. The molecule has 2 saturated heterocycles. The first-order valence-electron chi connectivity index (χ1n) is 9.46. The topological polar surface area (TPSA) is 28.5 Å². The zero-order valence-corrected chi connectivity index (χ0v) is 15.0. The summed E-state index contributed by atoms with van der Waals surface area (Å²) in [6.07, 6.45) is 6.88. The number of carbonyl (C=O) groups excluding carboxylic acids is 1. The molecular formula is C21H27N3O. The monoisotopic (exact) mass is 337 g/mol. The van der Waals surface area contributed by atoms with E-state index in [-0.39, 0.29) is 5.91 Å². The van der Waals surface area contributed by atoms with Gasteiger partial charge in [0.25, 0.3) is 5.91 Å². The number of rotatable bonds is 4. The van der Waals surface area contributed by atoms with Crippen molar-refractivity contribution in [2.75, 3.05) is 19.6 Å². The molecular weight excluding hydrogens is 310 g/mol. The molecule has 0 aliphatic carbocycles. The minimum atomic E-state index is 0.187. The van der Waals surface area contributed by atoms with Crippen LogP contribution < -0.4 is 0 Å². The molecule has 1 aromatic heterocycles. The lowest BCUT2D eigenvalue weighted by Gasteiger charge is -2.25. The lowest BCUT2D eigenvalue weighted by Crippen LogP contribution is -2.27. The summed E-state index contributed by atoms with van der Waals surface area (Å²) in [6, 6.07) is 13.1. The number of hydrogen-bond acceptors (Lipinski definition) is 2. The van der Waals surface area contributed by atoms with Gasteiger partial charge in [-0.15, -0.1) is 0 Å². The van der Waals surface area contributed by atoms with E-state index < -0.39 is 0 Å². The van der Waals surface area contributed by atoms with Crippen molar-refractivity contribution in [2.45, 2.75) is 38.3 Å². The Morgan fingerprint density at radius 3 is 2.48 bits per heavy atom. The molecule has 4 heteroatoms. The van der Waals surface area contributed by atoms with Crippen molar-refractivity contribution < 1.29 is 4.79 Å². The van der Waals surface area contributed by atoms with Crippen molar-refractivity contribution in [2.24, 2.45) is 7.05 Å². The fourth-order valence-corrected chi connectivity index (χ4v) is 4.26. The highest BCUT2D eigenvalue weighted by molar-refractivity contribution is 5.94. The van der Waals surface area contributed by atoms with Gasteiger partial charge >= 0.3 is 0 Å². The van der Waals surface area contributed by atoms with Crippen molar-refractivity contribution in [1.29, 1.82) is 0 Å². The number of nitrogens with zero attached hydrogens (tertiary/aromatic N) is 3. The first-order valence-corrected chi connectivity index (χ1v) is 9.46. The molecule has 0 bridgehead atoms. The highest BCUT2D eigenvalue weighted by atomic mass is 16.2. The van der Waals surface area contributed by atoms with Crippen molar-refractivity contribution >= 4 is 5.91 Å². The zero-order valence-electron chi connectivity index (χ0n) is 15.0. The number of hydrogen-bond donors (Lipinski definition) is 0. The van der Waals surface area contributed by atoms with E-state index in [9.17, 15) is 4.79 Å². The van der Waals surface area contributed by atoms with Gasteiger partial charge in [-0.3, -0.25) is 9.69 Å². The minimum Gasteiger partial charge on any atom is -0.353 e. The third-order valence-corrected chi connectivity index (χ3v) is 5.67. The van der Waals surface area contributed by atoms with Crippen LogP contribution in [-0.4, -0.2) is 39.9 Å². The molecule has 25 heavy (non-hydrogen) atoms. The third kappa shape index (κ3) is 3.36. The van der Waals surface area contributed by atoms with Crippen molar-refractivity contribution in [3.05, 3.63) is 59.4 Å². The minimum absolute atomic E-state index is 0.187. The smallest absolute Gasteiger partial charge is 0.253 e. The van der Waals surface area contributed by atoms with E-state index in [1.165, 1.54) is 24.1 Å². The first-order chi connectivity index (χ1) is 12.2. The lowest BCUT2D eigenvalue weighted by atomic mass is 10.1. The predicted molar refractivity (Wildman–Crippen MR) is 99.4 cm³/mol. The molecule has 1 aromatic carbocycles. The molecule has 0 radical (unpaired) electrons. The van der Waals surface area contributed by atoms with Gasteiger partial charge in [0, 0.05) is 44.1 Å². The van der Waals surface area contributed by atoms with E-state index in [1.807, 2.05) is 17.0 Å². The Morgan fingerprint density at radius 2 is 1.80 bits per heavy atom. The number of benzene rings is 1. The van der Waals surface area contributed by atoms with E-state index in [0.29, 0.717) is 6.04 Å². The van der Waals surface area contributed by atoms with Crippen LogP contribution in [-0.2, 0) is 13.6 Å². The second-order valence-corrected chi connectivity index (χ2v) is 7.37. The van der Waals surface area contributed by atoms with Gasteiger partial charge < -0.3 is 9.47 Å². The summed E-state index contributed by atoms with van der Waals surface area (Å²) < 4.78 is 2.24. The van der Waals surface area contributed by atoms with Gasteiger partial charge in [-0.05, 0) is 62.1 Å². The Morgan fingerprint density at radius 1 is 1.04 bits per heavy atom. The van der Waals surface area contributed by atoms with Crippen molar-refractivity contribution in [1.82, 2.24) is 14.4 Å². The predicted octanol–water partition coefficient (Wildman–Crippen LogP) is 3.60. The van der Waals surface area contributed by atoms with Crippen LogP contribution in [0.4, 0.5) is 0 Å². The van der Waals surface area contributed by atoms with Crippen LogP contribution >= 0.6 is 0 Å². The highest BCUT2D eigenvalue weighted by Gasteiger charge is 2.27. The molecule has 0 unspecified atom stereocenters. The molecule has 1 atom stereocenters. The molecule has 4 rings (SSSR count). The summed E-state index contributed by atoms with van der Waals surface area (Å²) in [6.45, 7) is 3.91. The fraction of sp³-hybridized carbons (Fsp3) is 0.476. The normalized spacial score (nSPS) is 21.2. The average molecular weight is 337 g/mol. The SMILES string of the molecule is Cn1cccc1[C@@H]1CCCN1Cc1ccc(C(=O)N2CCCC2)cc1. The number of aromatic nitrogens is 1. The van der Waals surface area contributed by atoms with Crippen molar-refractivity contribution in [3.8, 4) is 0 Å². The maximum absolute atomic E-state index is 12.5. The van der Waals surface area contributed by atoms with Crippen molar-refractivity contribution in [3.63, 3.8) is 0 Å². The summed E-state index contributed by atoms with van der Waals surface area (Å²) in [5, 5.41) is 0. The second kappa shape index (κ2) is 7.04. The van der Waals surface area contributed by atoms with Crippen LogP contribution in [0.15, 0.2) is 42.6 Å². The Kier molecular flexibility index (Phi) is 4.62. The fourth-order valence-electron chi connectivity index (χ4n) is 4.26. The number of carbonyl (C=O) groups is 1. The molecule has 0 spiro atoms. The standard InChI is InChI=1S/C21H27N3O/c1-22-12-4-6-19(22)20-7-5-15-24(20)16-17-8-10-18(11-9-17)21(25)23-13-2-3-14-23/h4,6,8-12,20H,2-3,5,7,13-16H2,1H3/t20-/m0/s1. The summed E-state index contributed by atoms with van der Waals surface area (Å²) in [5.74, 6) is 0.187. The molecule has 2 aliphatic rings. The molecule has 1 amide bonds. The van der Waals surface area contributed by atoms with Crippen LogP contribution in [0.5, 0.6) is 0 Å². The summed E-state index contributed by atoms with van der Waals surface area (Å²) in [4.78, 5) is 17.0. The van der Waals surface area contributed by atoms with Crippen LogP contribution in [0.2, 0.25) is 0 Å². The summed E-state index contributed by atoms with van der Waals surface area (Å²) in [7, 11) is 2.13. The number of aryl methyl sites for hydroxylation is 1. The van der Waals surface area contributed by atoms with Crippen LogP contribution in [0, 0.1) is 0 Å². The first kappa shape index (κ1) is 16.4. The Balaban J connectivity index is 1.44. The molecule has 3 heterocycles. The highest BCUT2D eigenvalue weighted by Crippen LogP contribution is 2.33. The van der Waals surface area contributed by atoms with Gasteiger partial charge in [-0.25, -0.2) is 0 Å².